The summed E-state index contributed by atoms with van der Waals surface area (Å²) in [7, 11) is 5.18. The van der Waals surface area contributed by atoms with E-state index in [0.717, 1.165) is 0 Å². The normalized spacial score (nSPS) is 49.7. The number of esters is 1. The number of hydrogen-bond donors (Lipinski definition) is 5. The van der Waals surface area contributed by atoms with E-state index in [2.05, 4.69) is 0 Å². The molecule has 298 valence electrons. The van der Waals surface area contributed by atoms with Crippen molar-refractivity contribution in [2.75, 3.05) is 21.2 Å². The van der Waals surface area contributed by atoms with Crippen LogP contribution in [0.1, 0.15) is 94.9 Å². The Morgan fingerprint density at radius 1 is 0.882 bits per heavy atom. The number of aliphatic hydroxyl groups excluding tert-OH is 3. The fourth-order valence-electron chi connectivity index (χ4n) is 8.41. The largest absolute Gasteiger partial charge is 0.459 e. The highest BCUT2D eigenvalue weighted by Crippen LogP contribution is 2.40. The number of cyclic esters (lactones) is 1. The molecule has 3 aliphatic heterocycles. The third-order valence-corrected chi connectivity index (χ3v) is 11.8. The monoisotopic (exact) mass is 733 g/mol. The van der Waals surface area contributed by atoms with Crippen molar-refractivity contribution >= 4 is 11.8 Å². The number of hydrogen-bond acceptors (Lipinski definition) is 14. The molecule has 0 amide bonds. The molecule has 3 fully saturated rings. The van der Waals surface area contributed by atoms with E-state index >= 15 is 0 Å². The van der Waals surface area contributed by atoms with Gasteiger partial charge in [-0.25, -0.2) is 0 Å². The Bertz CT molecular complexity index is 1170. The van der Waals surface area contributed by atoms with E-state index < -0.39 is 108 Å². The van der Waals surface area contributed by atoms with Crippen LogP contribution in [0, 0.1) is 23.7 Å². The standard InChI is InChI=1S/C37H67NO13/c1-14-25-37(10,45)30(41)20(4)27(39)18(2)16-35(8,44)32(51-34-28(40)24(38(11)12)15-19(3)47-34)21(5)29(22(6)33(43)49-25)50-26-17-36(9,46-13)31(42)23(7)48-26/h18-26,28-32,34,40-42,44-45H,14-17H2,1-13H3/t18-,19?,20+,21+,22-,23?,24?,25-,26+,28?,29+,30-,31+,32-,34+,35+,36?,37-/m1/s1. The number of aliphatic hydroxyl groups is 5. The number of carbonyl (C=O) groups is 2. The molecule has 5 unspecified atom stereocenters. The van der Waals surface area contributed by atoms with Crippen molar-refractivity contribution < 1.29 is 63.5 Å². The lowest BCUT2D eigenvalue weighted by Crippen LogP contribution is -2.61. The van der Waals surface area contributed by atoms with Crippen LogP contribution in [0.5, 0.6) is 0 Å². The first-order valence-electron chi connectivity index (χ1n) is 18.5. The third kappa shape index (κ3) is 9.51. The molecule has 0 aromatic carbocycles. The van der Waals surface area contributed by atoms with Gasteiger partial charge in [0.05, 0.1) is 47.6 Å². The lowest BCUT2D eigenvalue weighted by atomic mass is 9.74. The molecule has 5 N–H and O–H groups in total. The van der Waals surface area contributed by atoms with Crippen molar-refractivity contribution in [3.63, 3.8) is 0 Å². The van der Waals surface area contributed by atoms with Crippen molar-refractivity contribution in [2.45, 2.75) is 179 Å². The van der Waals surface area contributed by atoms with Crippen LogP contribution in [0.4, 0.5) is 0 Å². The minimum Gasteiger partial charge on any atom is -0.459 e. The molecule has 0 aromatic heterocycles. The molecular formula is C37H67NO13. The van der Waals surface area contributed by atoms with Gasteiger partial charge >= 0.3 is 5.97 Å². The van der Waals surface area contributed by atoms with Crippen LogP contribution in [0.2, 0.25) is 0 Å². The molecule has 3 aliphatic rings. The van der Waals surface area contributed by atoms with Gasteiger partial charge < -0.3 is 58.9 Å². The van der Waals surface area contributed by atoms with Crippen LogP contribution in [0.25, 0.3) is 0 Å². The topological polar surface area (TPSA) is 194 Å². The number of Topliss-reactive ketones (excluding diaryl/α,β-unsaturated/α-hetero) is 1. The number of ether oxygens (including phenoxy) is 6. The number of ketones is 1. The molecule has 3 saturated heterocycles. The molecule has 3 heterocycles. The van der Waals surface area contributed by atoms with E-state index in [1.54, 1.807) is 41.5 Å². The summed E-state index contributed by atoms with van der Waals surface area (Å²) in [4.78, 5) is 29.8. The highest BCUT2D eigenvalue weighted by Gasteiger charge is 2.53. The minimum atomic E-state index is -1.99. The number of carbonyl (C=O) groups excluding carboxylic acids is 2. The molecular weight excluding hydrogens is 666 g/mol. The zero-order valence-electron chi connectivity index (χ0n) is 32.9. The zero-order chi connectivity index (χ0) is 39.0. The van der Waals surface area contributed by atoms with Crippen LogP contribution in [0.15, 0.2) is 0 Å². The molecule has 0 spiro atoms. The van der Waals surface area contributed by atoms with E-state index in [4.69, 9.17) is 28.4 Å². The molecule has 0 bridgehead atoms. The van der Waals surface area contributed by atoms with Crippen LogP contribution < -0.4 is 0 Å². The summed E-state index contributed by atoms with van der Waals surface area (Å²) in [5, 5.41) is 57.6. The van der Waals surface area contributed by atoms with Gasteiger partial charge in [0.25, 0.3) is 0 Å². The molecule has 51 heavy (non-hydrogen) atoms. The summed E-state index contributed by atoms with van der Waals surface area (Å²) < 4.78 is 37.1. The number of nitrogens with zero attached hydrogens (tertiary/aromatic N) is 1. The molecule has 0 radical (unpaired) electrons. The maximum atomic E-state index is 14.1. The smallest absolute Gasteiger partial charge is 0.311 e. The summed E-state index contributed by atoms with van der Waals surface area (Å²) in [5.41, 5.74) is -4.84. The first-order chi connectivity index (χ1) is 23.4. The van der Waals surface area contributed by atoms with Crippen molar-refractivity contribution in [3.05, 3.63) is 0 Å². The second-order valence-corrected chi connectivity index (χ2v) is 16.5. The summed E-state index contributed by atoms with van der Waals surface area (Å²) in [6.45, 7) is 16.3. The molecule has 14 heteroatoms. The molecule has 14 nitrogen and oxygen atoms in total. The van der Waals surface area contributed by atoms with Gasteiger partial charge in [0.15, 0.2) is 12.6 Å². The third-order valence-electron chi connectivity index (χ3n) is 11.8. The van der Waals surface area contributed by atoms with Crippen molar-refractivity contribution in [3.8, 4) is 0 Å². The molecule has 18 atom stereocenters. The Hall–Kier alpha value is -1.30. The van der Waals surface area contributed by atoms with Gasteiger partial charge in [0.1, 0.15) is 29.7 Å². The van der Waals surface area contributed by atoms with Crippen LogP contribution >= 0.6 is 0 Å². The van der Waals surface area contributed by atoms with Crippen LogP contribution in [0.3, 0.4) is 0 Å². The van der Waals surface area contributed by atoms with E-state index in [-0.39, 0.29) is 31.4 Å². The Labute approximate surface area is 304 Å². The predicted molar refractivity (Wildman–Crippen MR) is 186 cm³/mol. The molecule has 3 rings (SSSR count). The zero-order valence-corrected chi connectivity index (χ0v) is 32.9. The van der Waals surface area contributed by atoms with Crippen LogP contribution in [-0.4, -0.2) is 148 Å². The summed E-state index contributed by atoms with van der Waals surface area (Å²) in [5.74, 6) is -4.98. The Kier molecular flexibility index (Phi) is 14.7. The van der Waals surface area contributed by atoms with Crippen molar-refractivity contribution in [2.24, 2.45) is 23.7 Å². The molecule has 0 aliphatic carbocycles. The minimum absolute atomic E-state index is 0.0936. The first kappa shape index (κ1) is 44.1. The lowest BCUT2D eigenvalue weighted by Gasteiger charge is -2.49. The second kappa shape index (κ2) is 17.0. The molecule has 0 aromatic rings. The maximum Gasteiger partial charge on any atom is 0.311 e. The Morgan fingerprint density at radius 3 is 2.04 bits per heavy atom. The van der Waals surface area contributed by atoms with Gasteiger partial charge in [-0.1, -0.05) is 27.7 Å². The average molecular weight is 734 g/mol. The number of rotatable bonds is 7. The summed E-state index contributed by atoms with van der Waals surface area (Å²) in [6.07, 6.45) is -9.71. The van der Waals surface area contributed by atoms with Gasteiger partial charge in [-0.2, -0.15) is 0 Å². The Balaban J connectivity index is 2.18. The highest BCUT2D eigenvalue weighted by molar-refractivity contribution is 5.83. The van der Waals surface area contributed by atoms with Gasteiger partial charge in [-0.15, -0.1) is 0 Å². The molecule has 0 saturated carbocycles. The maximum absolute atomic E-state index is 14.1. The second-order valence-electron chi connectivity index (χ2n) is 16.5. The van der Waals surface area contributed by atoms with E-state index in [9.17, 15) is 35.1 Å². The number of likely N-dealkylation sites (N-methyl/N-ethyl adjacent to an activating group) is 1. The summed E-state index contributed by atoms with van der Waals surface area (Å²) in [6, 6.07) is -0.324. The van der Waals surface area contributed by atoms with Crippen molar-refractivity contribution in [1.82, 2.24) is 4.90 Å². The Morgan fingerprint density at radius 2 is 1.49 bits per heavy atom. The average Bonchev–Trinajstić information content (AvgIpc) is 3.05. The van der Waals surface area contributed by atoms with E-state index in [0.29, 0.717) is 6.42 Å². The van der Waals surface area contributed by atoms with Crippen molar-refractivity contribution in [1.29, 1.82) is 0 Å². The summed E-state index contributed by atoms with van der Waals surface area (Å²) >= 11 is 0. The fraction of sp³-hybridized carbons (Fsp3) is 0.946. The fourth-order valence-corrected chi connectivity index (χ4v) is 8.41. The SMILES string of the molecule is CC[C@H]1OC(=O)[C@H](C)[C@@H](O[C@H]2CC(C)(OC)[C@@H](O)C(C)O2)[C@H](C)[C@@H](O[C@@H]2OC(C)CC(N(C)C)C2O)[C@@](C)(O)C[C@@H](C)C(=O)[C@H](C)[C@@H](O)[C@]1(C)O. The lowest BCUT2D eigenvalue weighted by molar-refractivity contribution is -0.318. The van der Waals surface area contributed by atoms with Gasteiger partial charge in [0.2, 0.25) is 0 Å². The first-order valence-corrected chi connectivity index (χ1v) is 18.5. The number of methoxy groups -OCH3 is 1. The quantitative estimate of drug-likeness (QED) is 0.238. The van der Waals surface area contributed by atoms with Gasteiger partial charge in [-0.3, -0.25) is 9.59 Å². The van der Waals surface area contributed by atoms with Gasteiger partial charge in [0, 0.05) is 37.3 Å². The van der Waals surface area contributed by atoms with E-state index in [1.807, 2.05) is 25.9 Å². The highest BCUT2D eigenvalue weighted by atomic mass is 16.7. The van der Waals surface area contributed by atoms with E-state index in [1.165, 1.54) is 27.9 Å². The van der Waals surface area contributed by atoms with Crippen LogP contribution in [-0.2, 0) is 38.0 Å². The van der Waals surface area contributed by atoms with Gasteiger partial charge in [-0.05, 0) is 74.9 Å². The predicted octanol–water partition coefficient (Wildman–Crippen LogP) is 1.79.